The smallest absolute Gasteiger partial charge is 0.288 e. The largest absolute Gasteiger partial charge is 0.370 e. The fourth-order valence-electron chi connectivity index (χ4n) is 2.62. The van der Waals surface area contributed by atoms with Crippen molar-refractivity contribution in [1.29, 1.82) is 0 Å². The van der Waals surface area contributed by atoms with Crippen LogP contribution in [-0.2, 0) is 4.74 Å². The first-order valence-electron chi connectivity index (χ1n) is 7.89. The highest BCUT2D eigenvalue weighted by atomic mass is 32.2. The lowest BCUT2D eigenvalue weighted by Gasteiger charge is -2.37. The van der Waals surface area contributed by atoms with E-state index in [0.717, 1.165) is 38.5 Å². The molecule has 24 heavy (non-hydrogen) atoms. The summed E-state index contributed by atoms with van der Waals surface area (Å²) in [5.41, 5.74) is 0.829. The fraction of sp³-hybridized carbons (Fsp3) is 0.562. The van der Waals surface area contributed by atoms with Gasteiger partial charge in [0.05, 0.1) is 19.8 Å². The van der Waals surface area contributed by atoms with Gasteiger partial charge >= 0.3 is 0 Å². The molecular formula is C16H24F2N3OS2+. The highest BCUT2D eigenvalue weighted by Gasteiger charge is 2.32. The highest BCUT2D eigenvalue weighted by Crippen LogP contribution is 2.26. The van der Waals surface area contributed by atoms with Gasteiger partial charge in [-0.15, -0.1) is 0 Å². The Balaban J connectivity index is 1.80. The number of benzene rings is 1. The third-order valence-corrected chi connectivity index (χ3v) is 5.05. The third-order valence-electron chi connectivity index (χ3n) is 4.08. The SMILES string of the molecule is CC(C)(CNC(=S)Nc1ccc(SC(F)F)cc1)[NH+]1CCOCC1. The molecule has 0 amide bonds. The summed E-state index contributed by atoms with van der Waals surface area (Å²) in [6, 6.07) is 6.81. The quantitative estimate of drug-likeness (QED) is 0.523. The molecule has 3 N–H and O–H groups in total. The van der Waals surface area contributed by atoms with Crippen LogP contribution in [0.25, 0.3) is 0 Å². The normalized spacial score (nSPS) is 16.2. The van der Waals surface area contributed by atoms with Crippen molar-refractivity contribution >= 4 is 34.8 Å². The van der Waals surface area contributed by atoms with E-state index < -0.39 is 5.76 Å². The van der Waals surface area contributed by atoms with Gasteiger partial charge in [-0.2, -0.15) is 8.78 Å². The van der Waals surface area contributed by atoms with Gasteiger partial charge < -0.3 is 20.3 Å². The molecule has 1 aromatic rings. The van der Waals surface area contributed by atoms with Crippen LogP contribution in [0.2, 0.25) is 0 Å². The second kappa shape index (κ2) is 8.94. The van der Waals surface area contributed by atoms with Crippen LogP contribution in [0.5, 0.6) is 0 Å². The number of hydrogen-bond acceptors (Lipinski definition) is 3. The van der Waals surface area contributed by atoms with Crippen molar-refractivity contribution in [3.05, 3.63) is 24.3 Å². The lowest BCUT2D eigenvalue weighted by Crippen LogP contribution is -3.22. The lowest BCUT2D eigenvalue weighted by atomic mass is 10.0. The second-order valence-electron chi connectivity index (χ2n) is 6.31. The van der Waals surface area contributed by atoms with Gasteiger partial charge in [-0.1, -0.05) is 11.8 Å². The maximum absolute atomic E-state index is 12.3. The van der Waals surface area contributed by atoms with Gasteiger partial charge in [0.2, 0.25) is 0 Å². The summed E-state index contributed by atoms with van der Waals surface area (Å²) in [4.78, 5) is 2.03. The molecular weight excluding hydrogens is 352 g/mol. The Morgan fingerprint density at radius 1 is 1.29 bits per heavy atom. The summed E-state index contributed by atoms with van der Waals surface area (Å²) >= 11 is 5.86. The van der Waals surface area contributed by atoms with E-state index in [9.17, 15) is 8.78 Å². The van der Waals surface area contributed by atoms with Crippen LogP contribution in [0.1, 0.15) is 13.8 Å². The number of halogens is 2. The third kappa shape index (κ3) is 6.16. The summed E-state index contributed by atoms with van der Waals surface area (Å²) in [6.07, 6.45) is 0. The minimum absolute atomic E-state index is 0.0489. The van der Waals surface area contributed by atoms with Gasteiger partial charge in [0, 0.05) is 10.6 Å². The van der Waals surface area contributed by atoms with E-state index in [1.165, 1.54) is 4.90 Å². The molecule has 4 nitrogen and oxygen atoms in total. The molecule has 1 heterocycles. The Bertz CT molecular complexity index is 535. The van der Waals surface area contributed by atoms with E-state index in [-0.39, 0.29) is 5.54 Å². The molecule has 0 unspecified atom stereocenters. The molecule has 0 spiro atoms. The predicted octanol–water partition coefficient (Wildman–Crippen LogP) is 1.98. The fourth-order valence-corrected chi connectivity index (χ4v) is 3.30. The van der Waals surface area contributed by atoms with Crippen LogP contribution < -0.4 is 15.5 Å². The number of alkyl halides is 2. The van der Waals surface area contributed by atoms with E-state index in [1.807, 2.05) is 0 Å². The number of nitrogens with one attached hydrogen (secondary N) is 3. The highest BCUT2D eigenvalue weighted by molar-refractivity contribution is 7.99. The van der Waals surface area contributed by atoms with E-state index in [2.05, 4.69) is 24.5 Å². The Kier molecular flexibility index (Phi) is 7.21. The number of hydrogen-bond donors (Lipinski definition) is 3. The monoisotopic (exact) mass is 376 g/mol. The molecule has 1 saturated heterocycles. The van der Waals surface area contributed by atoms with E-state index in [0.29, 0.717) is 21.8 Å². The molecule has 0 aliphatic carbocycles. The van der Waals surface area contributed by atoms with E-state index in [4.69, 9.17) is 17.0 Å². The van der Waals surface area contributed by atoms with E-state index in [1.54, 1.807) is 24.3 Å². The zero-order chi connectivity index (χ0) is 17.6. The Morgan fingerprint density at radius 2 is 1.92 bits per heavy atom. The first-order valence-corrected chi connectivity index (χ1v) is 9.18. The predicted molar refractivity (Wildman–Crippen MR) is 98.1 cm³/mol. The van der Waals surface area contributed by atoms with Crippen molar-refractivity contribution < 1.29 is 18.4 Å². The molecule has 8 heteroatoms. The van der Waals surface area contributed by atoms with Crippen LogP contribution in [0.3, 0.4) is 0 Å². The summed E-state index contributed by atoms with van der Waals surface area (Å²) in [5.74, 6) is -2.41. The second-order valence-corrected chi connectivity index (χ2v) is 7.78. The molecule has 1 aromatic carbocycles. The average molecular weight is 377 g/mol. The number of anilines is 1. The van der Waals surface area contributed by atoms with Crippen molar-refractivity contribution in [3.8, 4) is 0 Å². The van der Waals surface area contributed by atoms with Gasteiger partial charge in [-0.25, -0.2) is 0 Å². The first-order chi connectivity index (χ1) is 11.4. The number of rotatable bonds is 6. The average Bonchev–Trinajstić information content (AvgIpc) is 2.55. The zero-order valence-electron chi connectivity index (χ0n) is 13.9. The molecule has 1 fully saturated rings. The van der Waals surface area contributed by atoms with Crippen molar-refractivity contribution in [3.63, 3.8) is 0 Å². The molecule has 0 atom stereocenters. The first kappa shape index (κ1) is 19.4. The minimum Gasteiger partial charge on any atom is -0.370 e. The molecule has 0 bridgehead atoms. The Labute approximate surface area is 151 Å². The standard InChI is InChI=1S/C16H23F2N3OS2/c1-16(2,21-7-9-22-10-8-21)11-19-15(23)20-12-3-5-13(6-4-12)24-14(17)18/h3-6,14H,7-11H2,1-2H3,(H2,19,20,23)/p+1. The van der Waals surface area contributed by atoms with Crippen molar-refractivity contribution in [2.24, 2.45) is 0 Å². The summed E-state index contributed by atoms with van der Waals surface area (Å²) in [7, 11) is 0. The summed E-state index contributed by atoms with van der Waals surface area (Å²) in [6.45, 7) is 8.75. The number of thiocarbonyl (C=S) groups is 1. The summed E-state index contributed by atoms with van der Waals surface area (Å²) < 4.78 is 30.0. The van der Waals surface area contributed by atoms with Gasteiger partial charge in [0.1, 0.15) is 18.6 Å². The molecule has 134 valence electrons. The number of ether oxygens (including phenoxy) is 1. The lowest BCUT2D eigenvalue weighted by molar-refractivity contribution is -0.954. The van der Waals surface area contributed by atoms with E-state index >= 15 is 0 Å². The summed E-state index contributed by atoms with van der Waals surface area (Å²) in [5, 5.41) is 6.87. The Hall–Kier alpha value is -0.960. The number of morpholine rings is 1. The number of quaternary nitrogens is 1. The van der Waals surface area contributed by atoms with Gasteiger partial charge in [0.25, 0.3) is 5.76 Å². The molecule has 0 aromatic heterocycles. The van der Waals surface area contributed by atoms with Crippen LogP contribution in [-0.4, -0.2) is 49.3 Å². The number of thioether (sulfide) groups is 1. The van der Waals surface area contributed by atoms with Crippen molar-refractivity contribution in [1.82, 2.24) is 5.32 Å². The molecule has 2 rings (SSSR count). The van der Waals surface area contributed by atoms with Gasteiger partial charge in [0.15, 0.2) is 5.11 Å². The van der Waals surface area contributed by atoms with Gasteiger partial charge in [-0.05, 0) is 50.3 Å². The van der Waals surface area contributed by atoms with Crippen molar-refractivity contribution in [2.45, 2.75) is 30.0 Å². The molecule has 1 aliphatic rings. The van der Waals surface area contributed by atoms with Crippen LogP contribution >= 0.6 is 24.0 Å². The maximum atomic E-state index is 12.3. The van der Waals surface area contributed by atoms with Crippen LogP contribution in [0.15, 0.2) is 29.2 Å². The van der Waals surface area contributed by atoms with Gasteiger partial charge in [-0.3, -0.25) is 0 Å². The molecule has 0 radical (unpaired) electrons. The Morgan fingerprint density at radius 3 is 2.50 bits per heavy atom. The minimum atomic E-state index is -2.41. The van der Waals surface area contributed by atoms with Crippen LogP contribution in [0, 0.1) is 0 Å². The van der Waals surface area contributed by atoms with Crippen LogP contribution in [0.4, 0.5) is 14.5 Å². The molecule has 1 aliphatic heterocycles. The topological polar surface area (TPSA) is 37.7 Å². The maximum Gasteiger partial charge on any atom is 0.288 e. The zero-order valence-corrected chi connectivity index (χ0v) is 15.5. The van der Waals surface area contributed by atoms with Crippen molar-refractivity contribution in [2.75, 3.05) is 38.2 Å². The molecule has 0 saturated carbocycles.